The van der Waals surface area contributed by atoms with E-state index < -0.39 is 0 Å². The summed E-state index contributed by atoms with van der Waals surface area (Å²) in [7, 11) is 0. The molecule has 0 radical (unpaired) electrons. The molecule has 4 nitrogen and oxygen atoms in total. The fraction of sp³-hybridized carbons (Fsp3) is 0.818. The van der Waals surface area contributed by atoms with E-state index in [4.69, 9.17) is 0 Å². The number of amidine groups is 1. The summed E-state index contributed by atoms with van der Waals surface area (Å²) < 4.78 is 0. The van der Waals surface area contributed by atoms with E-state index in [0.29, 0.717) is 6.04 Å². The molecule has 16 heavy (non-hydrogen) atoms. The highest BCUT2D eigenvalue weighted by Crippen LogP contribution is 2.16. The number of amides is 1. The largest absolute Gasteiger partial charge is 0.353 e. The molecule has 90 valence electrons. The Morgan fingerprint density at radius 2 is 2.25 bits per heavy atom. The van der Waals surface area contributed by atoms with Gasteiger partial charge in [0, 0.05) is 18.8 Å². The van der Waals surface area contributed by atoms with E-state index in [-0.39, 0.29) is 11.9 Å². The molecule has 0 saturated carbocycles. The number of aliphatic imine (C=N–C) groups is 1. The Morgan fingerprint density at radius 3 is 2.81 bits per heavy atom. The number of nitrogens with one attached hydrogen (secondary N) is 1. The molecule has 5 heteroatoms. The van der Waals surface area contributed by atoms with Crippen LogP contribution in [-0.4, -0.2) is 46.9 Å². The molecule has 0 aromatic carbocycles. The Bertz CT molecular complexity index is 300. The highest BCUT2D eigenvalue weighted by molar-refractivity contribution is 8.14. The lowest BCUT2D eigenvalue weighted by Crippen LogP contribution is -2.45. The van der Waals surface area contributed by atoms with Crippen molar-refractivity contribution in [2.45, 2.75) is 38.8 Å². The van der Waals surface area contributed by atoms with Crippen molar-refractivity contribution >= 4 is 22.8 Å². The van der Waals surface area contributed by atoms with Crippen molar-refractivity contribution in [3.8, 4) is 0 Å². The van der Waals surface area contributed by atoms with Crippen LogP contribution in [0.5, 0.6) is 0 Å². The van der Waals surface area contributed by atoms with Crippen LogP contribution in [0.25, 0.3) is 0 Å². The van der Waals surface area contributed by atoms with Crippen LogP contribution in [0.15, 0.2) is 4.99 Å². The van der Waals surface area contributed by atoms with Crippen molar-refractivity contribution in [3.63, 3.8) is 0 Å². The SMILES string of the molecule is CC1CSC(NC(C)C(=O)N2CCCC2)=N1. The second-order valence-electron chi connectivity index (χ2n) is 4.49. The van der Waals surface area contributed by atoms with Crippen LogP contribution < -0.4 is 5.32 Å². The van der Waals surface area contributed by atoms with Gasteiger partial charge in [-0.05, 0) is 26.7 Å². The summed E-state index contributed by atoms with van der Waals surface area (Å²) in [6.45, 7) is 5.85. The van der Waals surface area contributed by atoms with Crippen LogP contribution in [0.3, 0.4) is 0 Å². The van der Waals surface area contributed by atoms with Gasteiger partial charge >= 0.3 is 0 Å². The minimum atomic E-state index is -0.144. The smallest absolute Gasteiger partial charge is 0.244 e. The standard InChI is InChI=1S/C11H19N3OS/c1-8-7-16-11(12-8)13-9(2)10(15)14-5-3-4-6-14/h8-9H,3-7H2,1-2H3,(H,12,13). The second kappa shape index (κ2) is 5.08. The second-order valence-corrected chi connectivity index (χ2v) is 5.50. The maximum atomic E-state index is 12.0. The van der Waals surface area contributed by atoms with Gasteiger partial charge in [0.05, 0.1) is 6.04 Å². The van der Waals surface area contributed by atoms with Crippen LogP contribution in [0.4, 0.5) is 0 Å². The Kier molecular flexibility index (Phi) is 3.74. The topological polar surface area (TPSA) is 44.7 Å². The molecule has 0 aromatic rings. The normalized spacial score (nSPS) is 26.8. The van der Waals surface area contributed by atoms with Gasteiger partial charge < -0.3 is 10.2 Å². The lowest BCUT2D eigenvalue weighted by Gasteiger charge is -2.21. The Hall–Kier alpha value is -0.710. The molecule has 1 saturated heterocycles. The molecule has 2 aliphatic heterocycles. The van der Waals surface area contributed by atoms with E-state index in [1.807, 2.05) is 11.8 Å². The summed E-state index contributed by atoms with van der Waals surface area (Å²) in [6.07, 6.45) is 2.29. The van der Waals surface area contributed by atoms with Crippen molar-refractivity contribution in [2.24, 2.45) is 4.99 Å². The number of likely N-dealkylation sites (tertiary alicyclic amines) is 1. The predicted molar refractivity (Wildman–Crippen MR) is 67.8 cm³/mol. The number of carbonyl (C=O) groups is 1. The average Bonchev–Trinajstić information content (AvgIpc) is 2.88. The Morgan fingerprint density at radius 1 is 1.56 bits per heavy atom. The molecule has 2 unspecified atom stereocenters. The van der Waals surface area contributed by atoms with Gasteiger partial charge in [-0.3, -0.25) is 9.79 Å². The van der Waals surface area contributed by atoms with E-state index in [1.165, 1.54) is 0 Å². The Balaban J connectivity index is 1.85. The minimum Gasteiger partial charge on any atom is -0.353 e. The molecule has 0 aromatic heterocycles. The first-order valence-corrected chi connectivity index (χ1v) is 6.91. The summed E-state index contributed by atoms with van der Waals surface area (Å²) in [5.41, 5.74) is 0. The molecule has 0 bridgehead atoms. The van der Waals surface area contributed by atoms with Gasteiger partial charge in [-0.2, -0.15) is 0 Å². The quantitative estimate of drug-likeness (QED) is 0.787. The zero-order valence-electron chi connectivity index (χ0n) is 9.90. The van der Waals surface area contributed by atoms with E-state index in [2.05, 4.69) is 17.2 Å². The van der Waals surface area contributed by atoms with Gasteiger partial charge in [0.25, 0.3) is 0 Å². The fourth-order valence-electron chi connectivity index (χ4n) is 2.01. The number of hydrogen-bond acceptors (Lipinski definition) is 4. The van der Waals surface area contributed by atoms with Crippen LogP contribution in [0.1, 0.15) is 26.7 Å². The van der Waals surface area contributed by atoms with Crippen LogP contribution in [0.2, 0.25) is 0 Å². The number of rotatable bonds is 2. The third-order valence-electron chi connectivity index (χ3n) is 2.93. The average molecular weight is 241 g/mol. The molecule has 2 heterocycles. The van der Waals surface area contributed by atoms with Crippen molar-refractivity contribution < 1.29 is 4.79 Å². The maximum absolute atomic E-state index is 12.0. The molecule has 0 aliphatic carbocycles. The summed E-state index contributed by atoms with van der Waals surface area (Å²) in [6, 6.07) is 0.233. The number of thioether (sulfide) groups is 1. The lowest BCUT2D eigenvalue weighted by atomic mass is 10.3. The van der Waals surface area contributed by atoms with Gasteiger partial charge in [-0.25, -0.2) is 0 Å². The molecule has 1 amide bonds. The van der Waals surface area contributed by atoms with Crippen molar-refractivity contribution in [3.05, 3.63) is 0 Å². The highest BCUT2D eigenvalue weighted by Gasteiger charge is 2.25. The van der Waals surface area contributed by atoms with Crippen molar-refractivity contribution in [1.29, 1.82) is 0 Å². The summed E-state index contributed by atoms with van der Waals surface area (Å²) in [5, 5.41) is 4.13. The molecule has 1 fully saturated rings. The first kappa shape index (κ1) is 11.8. The zero-order valence-corrected chi connectivity index (χ0v) is 10.7. The van der Waals surface area contributed by atoms with Gasteiger partial charge in [0.1, 0.15) is 6.04 Å². The number of nitrogens with zero attached hydrogens (tertiary/aromatic N) is 2. The van der Waals surface area contributed by atoms with Crippen LogP contribution in [0, 0.1) is 0 Å². The van der Waals surface area contributed by atoms with Gasteiger partial charge in [0.15, 0.2) is 5.17 Å². The number of hydrogen-bond donors (Lipinski definition) is 1. The highest BCUT2D eigenvalue weighted by atomic mass is 32.2. The van der Waals surface area contributed by atoms with Crippen LogP contribution >= 0.6 is 11.8 Å². The third-order valence-corrected chi connectivity index (χ3v) is 4.07. The molecular formula is C11H19N3OS. The first-order valence-electron chi connectivity index (χ1n) is 5.93. The Labute approximate surface area is 101 Å². The third kappa shape index (κ3) is 2.70. The number of carbonyl (C=O) groups excluding carboxylic acids is 1. The molecule has 2 rings (SSSR count). The molecule has 1 N–H and O–H groups in total. The maximum Gasteiger partial charge on any atom is 0.244 e. The summed E-state index contributed by atoms with van der Waals surface area (Å²) in [5.74, 6) is 1.23. The van der Waals surface area contributed by atoms with Crippen LogP contribution in [-0.2, 0) is 4.79 Å². The van der Waals surface area contributed by atoms with Gasteiger partial charge in [0.2, 0.25) is 5.91 Å². The van der Waals surface area contributed by atoms with Crippen molar-refractivity contribution in [1.82, 2.24) is 10.2 Å². The van der Waals surface area contributed by atoms with Gasteiger partial charge in [-0.1, -0.05) is 11.8 Å². The summed E-state index contributed by atoms with van der Waals surface area (Å²) in [4.78, 5) is 18.4. The van der Waals surface area contributed by atoms with E-state index >= 15 is 0 Å². The monoisotopic (exact) mass is 241 g/mol. The van der Waals surface area contributed by atoms with Crippen molar-refractivity contribution in [2.75, 3.05) is 18.8 Å². The first-order chi connectivity index (χ1) is 7.66. The molecule has 2 aliphatic rings. The molecular weight excluding hydrogens is 222 g/mol. The fourth-order valence-corrected chi connectivity index (χ4v) is 3.00. The zero-order chi connectivity index (χ0) is 11.5. The summed E-state index contributed by atoms with van der Waals surface area (Å²) >= 11 is 1.71. The molecule has 2 atom stereocenters. The lowest BCUT2D eigenvalue weighted by molar-refractivity contribution is -0.131. The molecule has 0 spiro atoms. The van der Waals surface area contributed by atoms with E-state index in [1.54, 1.807) is 11.8 Å². The van der Waals surface area contributed by atoms with E-state index in [9.17, 15) is 4.79 Å². The minimum absolute atomic E-state index is 0.144. The predicted octanol–water partition coefficient (Wildman–Crippen LogP) is 1.08. The van der Waals surface area contributed by atoms with E-state index in [0.717, 1.165) is 36.9 Å². The van der Waals surface area contributed by atoms with Gasteiger partial charge in [-0.15, -0.1) is 0 Å².